The molecule has 124 valence electrons. The van der Waals surface area contributed by atoms with E-state index in [1.54, 1.807) is 0 Å². The number of para-hydroxylation sites is 1. The van der Waals surface area contributed by atoms with E-state index in [4.69, 9.17) is 11.6 Å². The molecule has 2 aliphatic rings. The van der Waals surface area contributed by atoms with Crippen LogP contribution in [0.4, 0.5) is 5.69 Å². The zero-order valence-corrected chi connectivity index (χ0v) is 14.5. The lowest BCUT2D eigenvalue weighted by atomic mass is 9.74. The molecule has 1 aliphatic carbocycles. The van der Waals surface area contributed by atoms with Crippen molar-refractivity contribution in [2.75, 3.05) is 4.90 Å². The molecule has 1 aliphatic heterocycles. The van der Waals surface area contributed by atoms with Gasteiger partial charge in [0, 0.05) is 29.1 Å². The molecule has 2 aromatic carbocycles. The van der Waals surface area contributed by atoms with Crippen molar-refractivity contribution in [2.24, 2.45) is 5.92 Å². The highest BCUT2D eigenvalue weighted by atomic mass is 35.5. The van der Waals surface area contributed by atoms with Gasteiger partial charge in [0.25, 0.3) is 0 Å². The van der Waals surface area contributed by atoms with Crippen molar-refractivity contribution in [3.8, 4) is 0 Å². The van der Waals surface area contributed by atoms with E-state index in [0.29, 0.717) is 18.2 Å². The second kappa shape index (κ2) is 6.60. The highest BCUT2D eigenvalue weighted by molar-refractivity contribution is 6.31. The van der Waals surface area contributed by atoms with E-state index in [-0.39, 0.29) is 12.0 Å². The van der Waals surface area contributed by atoms with Gasteiger partial charge in [0.1, 0.15) is 5.78 Å². The summed E-state index contributed by atoms with van der Waals surface area (Å²) >= 11 is 6.50. The molecule has 1 saturated carbocycles. The summed E-state index contributed by atoms with van der Waals surface area (Å²) in [6.45, 7) is 0. The average molecular weight is 340 g/mol. The van der Waals surface area contributed by atoms with E-state index in [1.807, 2.05) is 24.3 Å². The zero-order chi connectivity index (χ0) is 16.5. The minimum atomic E-state index is 0.0351. The normalized spacial score (nSPS) is 27.0. The lowest BCUT2D eigenvalue weighted by Gasteiger charge is -2.49. The van der Waals surface area contributed by atoms with Crippen LogP contribution >= 0.6 is 11.6 Å². The number of halogens is 1. The third-order valence-electron chi connectivity index (χ3n) is 5.55. The number of ketones is 1. The number of carbonyl (C=O) groups excluding carboxylic acids is 1. The van der Waals surface area contributed by atoms with E-state index in [2.05, 4.69) is 35.2 Å². The SMILES string of the molecule is O=C1C[C@H](c2ccccc2Cl)N(c2ccccc2)[C@@H]2CCCC[C@@H]12. The van der Waals surface area contributed by atoms with Crippen molar-refractivity contribution in [1.29, 1.82) is 0 Å². The Hall–Kier alpha value is -1.80. The summed E-state index contributed by atoms with van der Waals surface area (Å²) in [5.74, 6) is 0.592. The number of Topliss-reactive ketones (excluding diaryl/α,β-unsaturated/α-hetero) is 1. The van der Waals surface area contributed by atoms with Gasteiger partial charge in [0.05, 0.1) is 6.04 Å². The third-order valence-corrected chi connectivity index (χ3v) is 5.89. The number of carbonyl (C=O) groups is 1. The number of hydrogen-bond donors (Lipinski definition) is 0. The number of hydrogen-bond acceptors (Lipinski definition) is 2. The number of fused-ring (bicyclic) bond motifs is 1. The lowest BCUT2D eigenvalue weighted by molar-refractivity contribution is -0.126. The standard InChI is InChI=1S/C21H22ClNO/c22-18-12-6-4-10-16(18)20-14-21(24)17-11-5-7-13-19(17)23(20)15-8-2-1-3-9-15/h1-4,6,8-10,12,17,19-20H,5,7,11,13-14H2/t17-,19-,20-/m1/s1. The van der Waals surface area contributed by atoms with Crippen LogP contribution < -0.4 is 4.90 Å². The molecule has 0 radical (unpaired) electrons. The first-order valence-electron chi connectivity index (χ1n) is 8.86. The zero-order valence-electron chi connectivity index (χ0n) is 13.7. The predicted octanol–water partition coefficient (Wildman–Crippen LogP) is 5.42. The van der Waals surface area contributed by atoms with Crippen molar-refractivity contribution in [1.82, 2.24) is 0 Å². The van der Waals surface area contributed by atoms with Gasteiger partial charge in [-0.25, -0.2) is 0 Å². The molecule has 4 rings (SSSR count). The molecule has 0 unspecified atom stereocenters. The van der Waals surface area contributed by atoms with Crippen molar-refractivity contribution >= 4 is 23.1 Å². The molecular formula is C21H22ClNO. The van der Waals surface area contributed by atoms with E-state index in [1.165, 1.54) is 18.5 Å². The largest absolute Gasteiger partial charge is 0.360 e. The van der Waals surface area contributed by atoms with Crippen LogP contribution in [-0.4, -0.2) is 11.8 Å². The molecule has 24 heavy (non-hydrogen) atoms. The van der Waals surface area contributed by atoms with Crippen LogP contribution in [0.2, 0.25) is 5.02 Å². The summed E-state index contributed by atoms with van der Waals surface area (Å²) in [7, 11) is 0. The van der Waals surface area contributed by atoms with Crippen LogP contribution in [0.25, 0.3) is 0 Å². The van der Waals surface area contributed by atoms with Gasteiger partial charge >= 0.3 is 0 Å². The molecule has 0 aromatic heterocycles. The molecule has 2 aromatic rings. The van der Waals surface area contributed by atoms with Crippen molar-refractivity contribution < 1.29 is 4.79 Å². The van der Waals surface area contributed by atoms with Gasteiger partial charge in [-0.3, -0.25) is 4.79 Å². The number of rotatable bonds is 2. The molecule has 2 fully saturated rings. The molecule has 1 saturated heterocycles. The Labute approximate surface area is 148 Å². The highest BCUT2D eigenvalue weighted by Gasteiger charge is 2.44. The van der Waals surface area contributed by atoms with Crippen LogP contribution in [0.15, 0.2) is 54.6 Å². The minimum absolute atomic E-state index is 0.0351. The summed E-state index contributed by atoms with van der Waals surface area (Å²) in [6.07, 6.45) is 5.05. The molecule has 0 bridgehead atoms. The fourth-order valence-electron chi connectivity index (χ4n) is 4.47. The molecule has 0 N–H and O–H groups in total. The highest BCUT2D eigenvalue weighted by Crippen LogP contribution is 2.45. The maximum absolute atomic E-state index is 12.8. The number of piperidine rings is 1. The molecule has 0 amide bonds. The van der Waals surface area contributed by atoms with Crippen molar-refractivity contribution in [3.05, 3.63) is 65.2 Å². The van der Waals surface area contributed by atoms with Gasteiger partial charge in [0.15, 0.2) is 0 Å². The van der Waals surface area contributed by atoms with Gasteiger partial charge in [-0.2, -0.15) is 0 Å². The summed E-state index contributed by atoms with van der Waals surface area (Å²) in [5.41, 5.74) is 2.27. The van der Waals surface area contributed by atoms with Crippen LogP contribution in [0.5, 0.6) is 0 Å². The number of nitrogens with zero attached hydrogens (tertiary/aromatic N) is 1. The maximum atomic E-state index is 12.8. The smallest absolute Gasteiger partial charge is 0.140 e. The van der Waals surface area contributed by atoms with Gasteiger partial charge in [-0.1, -0.05) is 60.8 Å². The summed E-state index contributed by atoms with van der Waals surface area (Å²) in [6, 6.07) is 18.8. The van der Waals surface area contributed by atoms with Gasteiger partial charge < -0.3 is 4.90 Å². The Morgan fingerprint density at radius 3 is 2.42 bits per heavy atom. The summed E-state index contributed by atoms with van der Waals surface area (Å²) < 4.78 is 0. The summed E-state index contributed by atoms with van der Waals surface area (Å²) in [4.78, 5) is 15.3. The molecule has 2 nitrogen and oxygen atoms in total. The van der Waals surface area contributed by atoms with Crippen LogP contribution in [0, 0.1) is 5.92 Å². The van der Waals surface area contributed by atoms with Crippen molar-refractivity contribution in [3.63, 3.8) is 0 Å². The van der Waals surface area contributed by atoms with E-state index >= 15 is 0 Å². The first-order valence-corrected chi connectivity index (χ1v) is 9.24. The van der Waals surface area contributed by atoms with E-state index < -0.39 is 0 Å². The number of benzene rings is 2. The Morgan fingerprint density at radius 2 is 1.62 bits per heavy atom. The minimum Gasteiger partial charge on any atom is -0.360 e. The molecule has 1 heterocycles. The van der Waals surface area contributed by atoms with E-state index in [9.17, 15) is 4.79 Å². The fourth-order valence-corrected chi connectivity index (χ4v) is 4.73. The first kappa shape index (κ1) is 15.7. The summed E-state index contributed by atoms with van der Waals surface area (Å²) in [5, 5.41) is 0.755. The van der Waals surface area contributed by atoms with E-state index in [0.717, 1.165) is 23.4 Å². The molecule has 3 atom stereocenters. The Kier molecular flexibility index (Phi) is 4.32. The third kappa shape index (κ3) is 2.73. The first-order chi connectivity index (χ1) is 11.8. The predicted molar refractivity (Wildman–Crippen MR) is 98.5 cm³/mol. The second-order valence-corrected chi connectivity index (χ2v) is 7.32. The monoisotopic (exact) mass is 339 g/mol. The molecular weight excluding hydrogens is 318 g/mol. The Balaban J connectivity index is 1.81. The van der Waals surface area contributed by atoms with Gasteiger partial charge in [-0.05, 0) is 36.6 Å². The Bertz CT molecular complexity index is 730. The van der Waals surface area contributed by atoms with Crippen LogP contribution in [0.1, 0.15) is 43.7 Å². The second-order valence-electron chi connectivity index (χ2n) is 6.91. The molecule has 0 spiro atoms. The lowest BCUT2D eigenvalue weighted by Crippen LogP contribution is -2.52. The van der Waals surface area contributed by atoms with Crippen molar-refractivity contribution in [2.45, 2.75) is 44.2 Å². The van der Waals surface area contributed by atoms with Gasteiger partial charge in [-0.15, -0.1) is 0 Å². The van der Waals surface area contributed by atoms with Crippen LogP contribution in [0.3, 0.4) is 0 Å². The molecule has 3 heteroatoms. The Morgan fingerprint density at radius 1 is 0.917 bits per heavy atom. The van der Waals surface area contributed by atoms with Gasteiger partial charge in [0.2, 0.25) is 0 Å². The quantitative estimate of drug-likeness (QED) is 0.728. The van der Waals surface area contributed by atoms with Crippen LogP contribution in [-0.2, 0) is 4.79 Å². The fraction of sp³-hybridized carbons (Fsp3) is 0.381. The topological polar surface area (TPSA) is 20.3 Å². The number of anilines is 1. The maximum Gasteiger partial charge on any atom is 0.140 e. The average Bonchev–Trinajstić information content (AvgIpc) is 2.63.